The molecule has 1 radical (unpaired) electrons. The summed E-state index contributed by atoms with van der Waals surface area (Å²) in [6.07, 6.45) is 0. The summed E-state index contributed by atoms with van der Waals surface area (Å²) in [6.45, 7) is 0. The van der Waals surface area contributed by atoms with Crippen molar-refractivity contribution in [3.8, 4) is 0 Å². The Morgan fingerprint density at radius 2 is 1.10 bits per heavy atom. The van der Waals surface area contributed by atoms with Crippen LogP contribution < -0.4 is 14.7 Å². The molecule has 63 valence electrons. The van der Waals surface area contributed by atoms with Crippen LogP contribution in [0.15, 0.2) is 0 Å². The van der Waals surface area contributed by atoms with Crippen molar-refractivity contribution in [1.82, 2.24) is 0 Å². The molecular weight excluding hydrogens is 221 g/mol. The summed E-state index contributed by atoms with van der Waals surface area (Å²) in [6, 6.07) is 0. The predicted molar refractivity (Wildman–Crippen MR) is 18.0 cm³/mol. The number of rotatable bonds is 0. The first-order valence-electron chi connectivity index (χ1n) is 1.28. The smallest absolute Gasteiger partial charge is 0.822 e. The normalized spacial score (nSPS) is 8.30. The predicted octanol–water partition coefficient (Wildman–Crippen LogP) is -3.07. The van der Waals surface area contributed by atoms with Crippen molar-refractivity contribution in [3.05, 3.63) is 15.3 Å². The molecular formula is CuNO7P. The third-order valence-corrected chi connectivity index (χ3v) is 0. The second-order valence-corrected chi connectivity index (χ2v) is 1.57. The monoisotopic (exact) mass is 220 g/mol. The number of hydrogen-bond donors (Lipinski definition) is 0. The maximum Gasteiger partial charge on any atom is 4.00 e. The summed E-state index contributed by atoms with van der Waals surface area (Å²) in [5, 5.41) is 14.8. The number of hydrogen-bond acceptors (Lipinski definition) is 7. The Kier molecular flexibility index (Phi) is 11.4. The molecule has 0 amide bonds. The van der Waals surface area contributed by atoms with Gasteiger partial charge in [-0.1, -0.05) is 0 Å². The average Bonchev–Trinajstić information content (AvgIpc) is 1.19. The third-order valence-electron chi connectivity index (χ3n) is 0. The van der Waals surface area contributed by atoms with E-state index in [9.17, 15) is 0 Å². The minimum Gasteiger partial charge on any atom is -0.822 e. The van der Waals surface area contributed by atoms with E-state index in [1.165, 1.54) is 0 Å². The van der Waals surface area contributed by atoms with Crippen LogP contribution >= 0.6 is 7.82 Å². The molecule has 0 aliphatic heterocycles. The Labute approximate surface area is 65.3 Å². The summed E-state index contributed by atoms with van der Waals surface area (Å²) < 4.78 is 8.55. The van der Waals surface area contributed by atoms with Crippen molar-refractivity contribution in [2.75, 3.05) is 0 Å². The fourth-order valence-electron chi connectivity index (χ4n) is 0. The van der Waals surface area contributed by atoms with Gasteiger partial charge in [0.1, 0.15) is 0 Å². The van der Waals surface area contributed by atoms with Crippen molar-refractivity contribution in [3.63, 3.8) is 0 Å². The largest absolute Gasteiger partial charge is 4.00 e. The molecule has 0 N–H and O–H groups in total. The van der Waals surface area contributed by atoms with Gasteiger partial charge in [0.15, 0.2) is 0 Å². The fourth-order valence-corrected chi connectivity index (χ4v) is 0. The van der Waals surface area contributed by atoms with E-state index in [0.29, 0.717) is 0 Å². The molecule has 0 heterocycles. The maximum atomic E-state index is 8.55. The molecule has 8 nitrogen and oxygen atoms in total. The first kappa shape index (κ1) is 16.4. The molecule has 0 atom stereocenters. The van der Waals surface area contributed by atoms with E-state index in [0.717, 1.165) is 0 Å². The maximum absolute atomic E-state index is 8.55. The summed E-state index contributed by atoms with van der Waals surface area (Å²) in [7, 11) is -5.39. The third kappa shape index (κ3) is 12600. The second kappa shape index (κ2) is 6.94. The molecule has 0 saturated heterocycles. The molecule has 10 heteroatoms. The first-order chi connectivity index (χ1) is 3.73. The molecule has 0 unspecified atom stereocenters. The van der Waals surface area contributed by atoms with E-state index in [-0.39, 0.29) is 17.1 Å². The molecule has 0 aromatic heterocycles. The van der Waals surface area contributed by atoms with E-state index < -0.39 is 12.9 Å². The van der Waals surface area contributed by atoms with Gasteiger partial charge >= 0.3 is 17.1 Å². The van der Waals surface area contributed by atoms with Crippen LogP contribution in [0.2, 0.25) is 0 Å². The zero-order chi connectivity index (χ0) is 8.08. The van der Waals surface area contributed by atoms with Gasteiger partial charge < -0.3 is 34.6 Å². The van der Waals surface area contributed by atoms with Crippen molar-refractivity contribution in [2.45, 2.75) is 0 Å². The van der Waals surface area contributed by atoms with Gasteiger partial charge in [0.2, 0.25) is 0 Å². The Morgan fingerprint density at radius 1 is 1.10 bits per heavy atom. The van der Waals surface area contributed by atoms with Crippen LogP contribution in [0.1, 0.15) is 0 Å². The molecule has 10 heavy (non-hydrogen) atoms. The second-order valence-electron chi connectivity index (χ2n) is 0.671. The zero-order valence-corrected chi connectivity index (χ0v) is 5.89. The summed E-state index contributed by atoms with van der Waals surface area (Å²) >= 11 is 0. The van der Waals surface area contributed by atoms with Crippen molar-refractivity contribution in [1.29, 1.82) is 0 Å². The number of nitrogens with zero attached hydrogens (tertiary/aromatic N) is 1. The van der Waals surface area contributed by atoms with Crippen LogP contribution in [0.5, 0.6) is 0 Å². The van der Waals surface area contributed by atoms with Crippen molar-refractivity contribution < 1.29 is 41.4 Å². The van der Waals surface area contributed by atoms with E-state index in [2.05, 4.69) is 0 Å². The van der Waals surface area contributed by atoms with Crippen LogP contribution in [0.25, 0.3) is 0 Å². The SMILES string of the molecule is O=P([O-])([O-])[O-].O=[N+]([O-])[O-].[Cu+4]. The first-order valence-corrected chi connectivity index (χ1v) is 2.74. The molecule has 0 rings (SSSR count). The van der Waals surface area contributed by atoms with Crippen molar-refractivity contribution in [2.24, 2.45) is 0 Å². The fraction of sp³-hybridized carbons (Fsp3) is 0. The van der Waals surface area contributed by atoms with Gasteiger partial charge in [0, 0.05) is 0 Å². The van der Waals surface area contributed by atoms with Crippen LogP contribution in [0, 0.1) is 15.3 Å². The van der Waals surface area contributed by atoms with E-state index in [1.807, 2.05) is 0 Å². The van der Waals surface area contributed by atoms with E-state index in [1.54, 1.807) is 0 Å². The summed E-state index contributed by atoms with van der Waals surface area (Å²) in [5.74, 6) is 0. The van der Waals surface area contributed by atoms with E-state index >= 15 is 0 Å². The topological polar surface area (TPSA) is 152 Å². The number of phosphoric acid groups is 1. The van der Waals surface area contributed by atoms with Gasteiger partial charge in [0.25, 0.3) is 0 Å². The van der Waals surface area contributed by atoms with Gasteiger partial charge in [-0.3, -0.25) is 0 Å². The Balaban J connectivity index is -0.0000000910. The molecule has 0 bridgehead atoms. The minimum atomic E-state index is -5.39. The van der Waals surface area contributed by atoms with Gasteiger partial charge in [-0.25, -0.2) is 0 Å². The minimum absolute atomic E-state index is 0. The molecule has 0 aliphatic carbocycles. The Hall–Kier alpha value is -0.171. The molecule has 0 aromatic rings. The average molecular weight is 221 g/mol. The van der Waals surface area contributed by atoms with Crippen molar-refractivity contribution >= 4 is 7.82 Å². The van der Waals surface area contributed by atoms with Crippen LogP contribution in [-0.2, 0) is 21.6 Å². The van der Waals surface area contributed by atoms with Crippen LogP contribution in [0.3, 0.4) is 0 Å². The molecule has 0 saturated carbocycles. The molecule has 0 fully saturated rings. The summed E-state index contributed by atoms with van der Waals surface area (Å²) in [4.78, 5) is 33.9. The molecule has 0 aliphatic rings. The Morgan fingerprint density at radius 3 is 1.10 bits per heavy atom. The van der Waals surface area contributed by atoms with E-state index in [4.69, 9.17) is 34.6 Å². The zero-order valence-electron chi connectivity index (χ0n) is 4.05. The quantitative estimate of drug-likeness (QED) is 0.182. The van der Waals surface area contributed by atoms with Gasteiger partial charge in [-0.2, -0.15) is 7.82 Å². The van der Waals surface area contributed by atoms with Gasteiger partial charge in [-0.15, -0.1) is 0 Å². The molecule has 0 aromatic carbocycles. The molecule has 0 spiro atoms. The van der Waals surface area contributed by atoms with Crippen LogP contribution in [-0.4, -0.2) is 5.09 Å². The van der Waals surface area contributed by atoms with Gasteiger partial charge in [0.05, 0.1) is 5.09 Å². The standard InChI is InChI=1S/Cu.NO3.H3O4P/c;2-1(3)4;1-5(2,3)4/h;;(H3,1,2,3,4)/q+4;-1;/p-3. The van der Waals surface area contributed by atoms with Crippen LogP contribution in [0.4, 0.5) is 0 Å². The summed E-state index contributed by atoms with van der Waals surface area (Å²) in [5.41, 5.74) is 0. The van der Waals surface area contributed by atoms with Gasteiger partial charge in [-0.05, 0) is 0 Å². The Bertz CT molecular complexity index is 113.